The normalized spacial score (nSPS) is 9.44. The zero-order valence-electron chi connectivity index (χ0n) is 9.53. The largest absolute Gasteiger partial charge is 0.468 e. The van der Waals surface area contributed by atoms with Crippen molar-refractivity contribution in [2.45, 2.75) is 0 Å². The van der Waals surface area contributed by atoms with Gasteiger partial charge in [0.05, 0.1) is 7.11 Å². The number of hydrogen-bond donors (Lipinski definition) is 2. The van der Waals surface area contributed by atoms with E-state index in [-0.39, 0.29) is 17.2 Å². The summed E-state index contributed by atoms with van der Waals surface area (Å²) in [6.45, 7) is -0.154. The molecule has 0 aliphatic carbocycles. The summed E-state index contributed by atoms with van der Waals surface area (Å²) in [7, 11) is 1.23. The summed E-state index contributed by atoms with van der Waals surface area (Å²) in [5.74, 6) is -1.59. The highest BCUT2D eigenvalue weighted by Gasteiger charge is 2.09. The second-order valence-electron chi connectivity index (χ2n) is 3.22. The van der Waals surface area contributed by atoms with E-state index in [2.05, 4.69) is 15.4 Å². The number of hydrogen-bond acceptors (Lipinski definition) is 4. The maximum atomic E-state index is 12.9. The van der Waals surface area contributed by atoms with Crippen LogP contribution in [0.2, 0.25) is 0 Å². The second kappa shape index (κ2) is 6.65. The third-order valence-corrected chi connectivity index (χ3v) is 2.18. The number of ether oxygens (including phenoxy) is 1. The molecule has 0 aromatic heterocycles. The molecule has 0 aliphatic heterocycles. The number of methoxy groups -OCH3 is 1. The van der Waals surface area contributed by atoms with Gasteiger partial charge in [0.2, 0.25) is 0 Å². The van der Waals surface area contributed by atoms with Crippen LogP contribution >= 0.6 is 12.2 Å². The molecule has 0 atom stereocenters. The highest BCUT2D eigenvalue weighted by atomic mass is 32.1. The Morgan fingerprint density at radius 2 is 2.17 bits per heavy atom. The Hall–Kier alpha value is -2.02. The van der Waals surface area contributed by atoms with E-state index in [4.69, 9.17) is 12.2 Å². The number of halogens is 1. The van der Waals surface area contributed by atoms with E-state index in [0.29, 0.717) is 0 Å². The number of amides is 1. The van der Waals surface area contributed by atoms with Crippen LogP contribution in [0.4, 0.5) is 4.39 Å². The summed E-state index contributed by atoms with van der Waals surface area (Å²) in [6.07, 6.45) is 0. The van der Waals surface area contributed by atoms with Gasteiger partial charge in [-0.15, -0.1) is 0 Å². The predicted octanol–water partition coefficient (Wildman–Crippen LogP) is 0.603. The van der Waals surface area contributed by atoms with E-state index in [9.17, 15) is 14.0 Å². The first-order valence-electron chi connectivity index (χ1n) is 4.94. The molecule has 5 nitrogen and oxygen atoms in total. The lowest BCUT2D eigenvalue weighted by Crippen LogP contribution is -2.41. The van der Waals surface area contributed by atoms with Gasteiger partial charge in [-0.25, -0.2) is 4.39 Å². The van der Waals surface area contributed by atoms with E-state index >= 15 is 0 Å². The van der Waals surface area contributed by atoms with E-state index in [1.807, 2.05) is 0 Å². The predicted molar refractivity (Wildman–Crippen MR) is 66.5 cm³/mol. The van der Waals surface area contributed by atoms with Gasteiger partial charge in [0.15, 0.2) is 5.11 Å². The average molecular weight is 270 g/mol. The molecule has 2 N–H and O–H groups in total. The average Bonchev–Trinajstić information content (AvgIpc) is 2.35. The van der Waals surface area contributed by atoms with Gasteiger partial charge in [-0.3, -0.25) is 14.9 Å². The molecule has 0 bridgehead atoms. The van der Waals surface area contributed by atoms with Gasteiger partial charge in [-0.2, -0.15) is 0 Å². The number of rotatable bonds is 3. The van der Waals surface area contributed by atoms with E-state index < -0.39 is 17.7 Å². The minimum Gasteiger partial charge on any atom is -0.468 e. The fourth-order valence-corrected chi connectivity index (χ4v) is 1.24. The number of carbonyl (C=O) groups excluding carboxylic acids is 2. The van der Waals surface area contributed by atoms with Crippen LogP contribution in [0.5, 0.6) is 0 Å². The van der Waals surface area contributed by atoms with Crippen LogP contribution in [0.1, 0.15) is 10.4 Å². The molecular weight excluding hydrogens is 259 g/mol. The van der Waals surface area contributed by atoms with Crippen LogP contribution < -0.4 is 10.6 Å². The van der Waals surface area contributed by atoms with Gasteiger partial charge in [-0.1, -0.05) is 6.07 Å². The first-order valence-corrected chi connectivity index (χ1v) is 5.35. The quantitative estimate of drug-likeness (QED) is 0.622. The smallest absolute Gasteiger partial charge is 0.325 e. The molecular formula is C11H11FN2O3S. The zero-order chi connectivity index (χ0) is 13.5. The highest BCUT2D eigenvalue weighted by Crippen LogP contribution is 2.02. The molecule has 0 aliphatic rings. The van der Waals surface area contributed by atoms with E-state index in [1.165, 1.54) is 25.3 Å². The molecule has 7 heteroatoms. The zero-order valence-corrected chi connectivity index (χ0v) is 10.3. The summed E-state index contributed by atoms with van der Waals surface area (Å²) < 4.78 is 17.3. The Bertz CT molecular complexity index is 479. The molecule has 0 saturated carbocycles. The molecule has 0 spiro atoms. The fourth-order valence-electron chi connectivity index (χ4n) is 1.07. The molecule has 96 valence electrons. The lowest BCUT2D eigenvalue weighted by atomic mass is 10.2. The van der Waals surface area contributed by atoms with E-state index in [1.54, 1.807) is 0 Å². The lowest BCUT2D eigenvalue weighted by Gasteiger charge is -2.08. The minimum absolute atomic E-state index is 0.0327. The van der Waals surface area contributed by atoms with Crippen LogP contribution in [-0.4, -0.2) is 30.6 Å². The third-order valence-electron chi connectivity index (χ3n) is 1.93. The summed E-state index contributed by atoms with van der Waals surface area (Å²) >= 11 is 4.78. The Morgan fingerprint density at radius 3 is 2.78 bits per heavy atom. The van der Waals surface area contributed by atoms with Crippen LogP contribution in [0, 0.1) is 5.82 Å². The summed E-state index contributed by atoms with van der Waals surface area (Å²) in [5, 5.41) is 4.76. The Labute approximate surface area is 108 Å². The highest BCUT2D eigenvalue weighted by molar-refractivity contribution is 7.80. The standard InChI is InChI=1S/C11H11FN2O3S/c1-17-9(15)6-13-11(18)14-10(16)7-3-2-4-8(12)5-7/h2-5H,6H2,1H3,(H2,13,14,16,18). The number of thiocarbonyl (C=S) groups is 1. The molecule has 1 aromatic carbocycles. The molecule has 0 radical (unpaired) electrons. The number of nitrogens with one attached hydrogen (secondary N) is 2. The Morgan fingerprint density at radius 1 is 1.44 bits per heavy atom. The fraction of sp³-hybridized carbons (Fsp3) is 0.182. The summed E-state index contributed by atoms with van der Waals surface area (Å²) in [6, 6.07) is 5.17. The van der Waals surface area contributed by atoms with Gasteiger partial charge in [0.1, 0.15) is 12.4 Å². The van der Waals surface area contributed by atoms with Crippen molar-refractivity contribution in [1.82, 2.24) is 10.6 Å². The number of esters is 1. The number of carbonyl (C=O) groups is 2. The summed E-state index contributed by atoms with van der Waals surface area (Å²) in [5.41, 5.74) is 0.136. The Balaban J connectivity index is 2.50. The minimum atomic E-state index is -0.558. The van der Waals surface area contributed by atoms with Crippen molar-refractivity contribution >= 4 is 29.2 Å². The molecule has 0 unspecified atom stereocenters. The van der Waals surface area contributed by atoms with Gasteiger partial charge in [0.25, 0.3) is 5.91 Å². The monoisotopic (exact) mass is 270 g/mol. The SMILES string of the molecule is COC(=O)CNC(=S)NC(=O)c1cccc(F)c1. The molecule has 1 amide bonds. The molecule has 1 rings (SSSR count). The maximum Gasteiger partial charge on any atom is 0.325 e. The summed E-state index contributed by atoms with van der Waals surface area (Å²) in [4.78, 5) is 22.4. The van der Waals surface area contributed by atoms with E-state index in [0.717, 1.165) is 6.07 Å². The first-order chi connectivity index (χ1) is 8.52. The van der Waals surface area contributed by atoms with Gasteiger partial charge in [0, 0.05) is 5.56 Å². The molecule has 18 heavy (non-hydrogen) atoms. The molecule has 1 aromatic rings. The van der Waals surface area contributed by atoms with Crippen molar-refractivity contribution < 1.29 is 18.7 Å². The third kappa shape index (κ3) is 4.46. The van der Waals surface area contributed by atoms with Crippen LogP contribution in [0.15, 0.2) is 24.3 Å². The number of benzene rings is 1. The van der Waals surface area contributed by atoms with Crippen LogP contribution in [0.3, 0.4) is 0 Å². The van der Waals surface area contributed by atoms with Crippen molar-refractivity contribution in [2.75, 3.05) is 13.7 Å². The topological polar surface area (TPSA) is 67.4 Å². The second-order valence-corrected chi connectivity index (χ2v) is 3.63. The van der Waals surface area contributed by atoms with Crippen LogP contribution in [-0.2, 0) is 9.53 Å². The Kier molecular flexibility index (Phi) is 5.19. The molecule has 0 fully saturated rings. The van der Waals surface area contributed by atoms with Crippen LogP contribution in [0.25, 0.3) is 0 Å². The lowest BCUT2D eigenvalue weighted by molar-refractivity contribution is -0.139. The van der Waals surface area contributed by atoms with Crippen molar-refractivity contribution in [3.63, 3.8) is 0 Å². The molecule has 0 heterocycles. The van der Waals surface area contributed by atoms with Crippen molar-refractivity contribution in [1.29, 1.82) is 0 Å². The maximum absolute atomic E-state index is 12.9. The van der Waals surface area contributed by atoms with Gasteiger partial charge in [-0.05, 0) is 30.4 Å². The van der Waals surface area contributed by atoms with Crippen molar-refractivity contribution in [3.05, 3.63) is 35.6 Å². The first kappa shape index (κ1) is 14.0. The van der Waals surface area contributed by atoms with Gasteiger partial charge < -0.3 is 10.1 Å². The molecule has 0 saturated heterocycles. The van der Waals surface area contributed by atoms with Crippen molar-refractivity contribution in [3.8, 4) is 0 Å². The van der Waals surface area contributed by atoms with Gasteiger partial charge >= 0.3 is 5.97 Å². The van der Waals surface area contributed by atoms with Crippen molar-refractivity contribution in [2.24, 2.45) is 0 Å².